The number of benzene rings is 2. The Morgan fingerprint density at radius 2 is 1.89 bits per heavy atom. The molecule has 0 spiro atoms. The van der Waals surface area contributed by atoms with Crippen molar-refractivity contribution in [3.8, 4) is 17.1 Å². The van der Waals surface area contributed by atoms with Crippen LogP contribution in [0, 0.1) is 0 Å². The van der Waals surface area contributed by atoms with Crippen LogP contribution in [0.4, 0.5) is 0 Å². The lowest BCUT2D eigenvalue weighted by Gasteiger charge is -2.12. The molecule has 3 aromatic rings. The van der Waals surface area contributed by atoms with E-state index in [2.05, 4.69) is 36.8 Å². The number of halogens is 4. The van der Waals surface area contributed by atoms with Crippen molar-refractivity contribution < 1.29 is 9.53 Å². The van der Waals surface area contributed by atoms with Gasteiger partial charge in [0.05, 0.1) is 17.3 Å². The van der Waals surface area contributed by atoms with Crippen molar-refractivity contribution in [3.05, 3.63) is 68.4 Å². The first-order chi connectivity index (χ1) is 13.0. The molecule has 1 heterocycles. The second-order valence-electron chi connectivity index (χ2n) is 5.52. The van der Waals surface area contributed by atoms with Crippen molar-refractivity contribution in [2.45, 2.75) is 12.3 Å². The first-order valence-electron chi connectivity index (χ1n) is 8.02. The number of alkyl halides is 1. The normalized spacial score (nSPS) is 10.9. The van der Waals surface area contributed by atoms with Crippen molar-refractivity contribution in [1.82, 2.24) is 9.55 Å². The van der Waals surface area contributed by atoms with E-state index >= 15 is 0 Å². The van der Waals surface area contributed by atoms with Gasteiger partial charge >= 0.3 is 5.97 Å². The van der Waals surface area contributed by atoms with Crippen molar-refractivity contribution in [3.63, 3.8) is 0 Å². The SMILES string of the molecule is CCOC(=O)c1nc(-c2ccc(Cl)cc2Cl)n(-c2ccc(Br)cc2)c1CBr. The highest BCUT2D eigenvalue weighted by Crippen LogP contribution is 2.34. The highest BCUT2D eigenvalue weighted by molar-refractivity contribution is 9.10. The van der Waals surface area contributed by atoms with Crippen LogP contribution in [0.2, 0.25) is 10.0 Å². The van der Waals surface area contributed by atoms with Gasteiger partial charge in [0.2, 0.25) is 0 Å². The van der Waals surface area contributed by atoms with Crippen LogP contribution >= 0.6 is 55.1 Å². The van der Waals surface area contributed by atoms with Gasteiger partial charge in [-0.1, -0.05) is 55.1 Å². The number of imidazole rings is 1. The van der Waals surface area contributed by atoms with Crippen molar-refractivity contribution >= 4 is 61.0 Å². The molecule has 140 valence electrons. The molecule has 0 fully saturated rings. The Morgan fingerprint density at radius 3 is 2.48 bits per heavy atom. The van der Waals surface area contributed by atoms with Crippen molar-refractivity contribution in [2.75, 3.05) is 6.61 Å². The number of hydrogen-bond donors (Lipinski definition) is 0. The monoisotopic (exact) mass is 530 g/mol. The number of nitrogens with zero attached hydrogens (tertiary/aromatic N) is 2. The zero-order valence-corrected chi connectivity index (χ0v) is 18.9. The molecular formula is C19H14Br2Cl2N2O2. The topological polar surface area (TPSA) is 44.1 Å². The van der Waals surface area contributed by atoms with Crippen LogP contribution in [0.3, 0.4) is 0 Å². The Hall–Kier alpha value is -1.34. The zero-order chi connectivity index (χ0) is 19.6. The van der Waals surface area contributed by atoms with Gasteiger partial charge in [0.15, 0.2) is 5.69 Å². The molecule has 8 heteroatoms. The molecule has 3 rings (SSSR count). The van der Waals surface area contributed by atoms with Crippen LogP contribution in [0.25, 0.3) is 17.1 Å². The Morgan fingerprint density at radius 1 is 1.19 bits per heavy atom. The summed E-state index contributed by atoms with van der Waals surface area (Å²) in [6.45, 7) is 2.02. The van der Waals surface area contributed by atoms with E-state index in [4.69, 9.17) is 27.9 Å². The summed E-state index contributed by atoms with van der Waals surface area (Å²) < 4.78 is 8.02. The Kier molecular flexibility index (Phi) is 6.63. The summed E-state index contributed by atoms with van der Waals surface area (Å²) in [5.41, 5.74) is 2.44. The first-order valence-corrected chi connectivity index (χ1v) is 10.7. The van der Waals surface area contributed by atoms with E-state index in [1.807, 2.05) is 28.8 Å². The van der Waals surface area contributed by atoms with Crippen LogP contribution in [0.5, 0.6) is 0 Å². The average Bonchev–Trinajstić information content (AvgIpc) is 3.02. The average molecular weight is 533 g/mol. The minimum Gasteiger partial charge on any atom is -0.461 e. The van der Waals surface area contributed by atoms with Gasteiger partial charge in [-0.05, 0) is 49.4 Å². The molecule has 0 aliphatic heterocycles. The maximum absolute atomic E-state index is 12.5. The van der Waals surface area contributed by atoms with Crippen molar-refractivity contribution in [1.29, 1.82) is 0 Å². The lowest BCUT2D eigenvalue weighted by atomic mass is 10.2. The van der Waals surface area contributed by atoms with Gasteiger partial charge in [0.25, 0.3) is 0 Å². The van der Waals surface area contributed by atoms with E-state index < -0.39 is 5.97 Å². The maximum atomic E-state index is 12.5. The highest BCUT2D eigenvalue weighted by Gasteiger charge is 2.25. The van der Waals surface area contributed by atoms with Crippen LogP contribution in [-0.2, 0) is 10.1 Å². The fourth-order valence-corrected chi connectivity index (χ4v) is 3.93. The summed E-state index contributed by atoms with van der Waals surface area (Å²) in [6, 6.07) is 12.9. The van der Waals surface area contributed by atoms with E-state index in [1.54, 1.807) is 25.1 Å². The van der Waals surface area contributed by atoms with Crippen LogP contribution in [0.15, 0.2) is 46.9 Å². The molecule has 0 aliphatic carbocycles. The number of hydrogen-bond acceptors (Lipinski definition) is 3. The van der Waals surface area contributed by atoms with Gasteiger partial charge in [0, 0.05) is 26.1 Å². The molecule has 0 aliphatic rings. The molecule has 0 saturated carbocycles. The third kappa shape index (κ3) is 4.24. The van der Waals surface area contributed by atoms with Gasteiger partial charge in [0.1, 0.15) is 5.82 Å². The molecule has 0 radical (unpaired) electrons. The second kappa shape index (κ2) is 8.78. The Labute approximate surface area is 183 Å². The summed E-state index contributed by atoms with van der Waals surface area (Å²) in [4.78, 5) is 17.0. The molecule has 1 aromatic heterocycles. The molecule has 0 atom stereocenters. The molecule has 2 aromatic carbocycles. The standard InChI is InChI=1S/C19H14Br2Cl2N2O2/c1-2-27-19(26)17-16(10-20)25(13-6-3-11(21)4-7-13)18(24-17)14-8-5-12(22)9-15(14)23/h3-9H,2,10H2,1H3. The number of carbonyl (C=O) groups excluding carboxylic acids is 1. The van der Waals surface area contributed by atoms with E-state index in [1.165, 1.54) is 0 Å². The van der Waals surface area contributed by atoms with Gasteiger partial charge < -0.3 is 4.74 Å². The summed E-state index contributed by atoms with van der Waals surface area (Å²) in [6.07, 6.45) is 0. The van der Waals surface area contributed by atoms with Gasteiger partial charge in [-0.15, -0.1) is 0 Å². The van der Waals surface area contributed by atoms with Crippen LogP contribution in [-0.4, -0.2) is 22.1 Å². The molecule has 0 bridgehead atoms. The molecule has 0 amide bonds. The molecule has 0 unspecified atom stereocenters. The largest absolute Gasteiger partial charge is 0.461 e. The number of ether oxygens (including phenoxy) is 1. The van der Waals surface area contributed by atoms with E-state index in [-0.39, 0.29) is 12.3 Å². The minimum atomic E-state index is -0.478. The van der Waals surface area contributed by atoms with Crippen LogP contribution in [0.1, 0.15) is 23.1 Å². The number of rotatable bonds is 5. The van der Waals surface area contributed by atoms with Gasteiger partial charge in [-0.3, -0.25) is 4.57 Å². The fraction of sp³-hybridized carbons (Fsp3) is 0.158. The van der Waals surface area contributed by atoms with E-state index in [0.717, 1.165) is 10.2 Å². The highest BCUT2D eigenvalue weighted by atomic mass is 79.9. The molecule has 0 N–H and O–H groups in total. The quantitative estimate of drug-likeness (QED) is 0.272. The third-order valence-corrected chi connectivity index (χ3v) is 5.43. The zero-order valence-electron chi connectivity index (χ0n) is 14.2. The Bertz CT molecular complexity index is 988. The maximum Gasteiger partial charge on any atom is 0.358 e. The van der Waals surface area contributed by atoms with Gasteiger partial charge in [-0.2, -0.15) is 0 Å². The first kappa shape index (κ1) is 20.4. The second-order valence-corrected chi connectivity index (χ2v) is 7.84. The van der Waals surface area contributed by atoms with E-state index in [0.29, 0.717) is 32.5 Å². The predicted molar refractivity (Wildman–Crippen MR) is 115 cm³/mol. The lowest BCUT2D eigenvalue weighted by molar-refractivity contribution is 0.0519. The summed E-state index contributed by atoms with van der Waals surface area (Å²) >= 11 is 19.4. The van der Waals surface area contributed by atoms with Gasteiger partial charge in [-0.25, -0.2) is 9.78 Å². The predicted octanol–water partition coefficient (Wildman–Crippen LogP) is 6.68. The summed E-state index contributed by atoms with van der Waals surface area (Å²) in [7, 11) is 0. The number of esters is 1. The molecule has 27 heavy (non-hydrogen) atoms. The van der Waals surface area contributed by atoms with Crippen LogP contribution < -0.4 is 0 Å². The number of aromatic nitrogens is 2. The molecule has 4 nitrogen and oxygen atoms in total. The van der Waals surface area contributed by atoms with Crippen molar-refractivity contribution in [2.24, 2.45) is 0 Å². The Balaban J connectivity index is 2.30. The van der Waals surface area contributed by atoms with E-state index in [9.17, 15) is 4.79 Å². The lowest BCUT2D eigenvalue weighted by Crippen LogP contribution is -2.09. The summed E-state index contributed by atoms with van der Waals surface area (Å²) in [5.74, 6) is 0.0608. The third-order valence-electron chi connectivity index (χ3n) is 3.82. The minimum absolute atomic E-state index is 0.248. The number of carbonyl (C=O) groups is 1. The smallest absolute Gasteiger partial charge is 0.358 e. The fourth-order valence-electron chi connectivity index (χ4n) is 2.66. The molecule has 0 saturated heterocycles. The summed E-state index contributed by atoms with van der Waals surface area (Å²) in [5, 5.41) is 1.38. The molecular weight excluding hydrogens is 519 g/mol.